The summed E-state index contributed by atoms with van der Waals surface area (Å²) in [7, 11) is 0. The van der Waals surface area contributed by atoms with Gasteiger partial charge >= 0.3 is 0 Å². The number of benzene rings is 2. The summed E-state index contributed by atoms with van der Waals surface area (Å²) >= 11 is 6.32. The highest BCUT2D eigenvalue weighted by Gasteiger charge is 2.30. The molecular formula is C22H23ClN3O2+. The van der Waals surface area contributed by atoms with Gasteiger partial charge in [0.05, 0.1) is 31.2 Å². The van der Waals surface area contributed by atoms with Crippen molar-refractivity contribution in [2.45, 2.75) is 13.5 Å². The standard InChI is InChI=1S/C22H22ClN3O2/c1-16-20(21(24-28-16)18-9-5-6-10-19(18)23)22(27)26-13-11-25(12-14-26)15-17-7-3-2-4-8-17/h2-10H,11-15H2,1H3/p+1. The van der Waals surface area contributed by atoms with Crippen molar-refractivity contribution < 1.29 is 14.2 Å². The average molecular weight is 397 g/mol. The first-order valence-corrected chi connectivity index (χ1v) is 9.89. The monoisotopic (exact) mass is 396 g/mol. The minimum absolute atomic E-state index is 0.0348. The maximum atomic E-state index is 13.2. The molecule has 1 N–H and O–H groups in total. The van der Waals surface area contributed by atoms with Gasteiger partial charge in [0.25, 0.3) is 5.91 Å². The number of hydrogen-bond donors (Lipinski definition) is 1. The predicted octanol–water partition coefficient (Wildman–Crippen LogP) is 2.84. The quantitative estimate of drug-likeness (QED) is 0.737. The van der Waals surface area contributed by atoms with E-state index in [4.69, 9.17) is 16.1 Å². The van der Waals surface area contributed by atoms with Crippen LogP contribution in [0, 0.1) is 6.92 Å². The lowest BCUT2D eigenvalue weighted by atomic mass is 10.0. The van der Waals surface area contributed by atoms with Gasteiger partial charge in [-0.1, -0.05) is 65.3 Å². The van der Waals surface area contributed by atoms with E-state index in [9.17, 15) is 4.79 Å². The second-order valence-electron chi connectivity index (χ2n) is 7.15. The maximum absolute atomic E-state index is 13.2. The van der Waals surface area contributed by atoms with Crippen LogP contribution in [0.5, 0.6) is 0 Å². The van der Waals surface area contributed by atoms with E-state index in [0.29, 0.717) is 35.1 Å². The Hall–Kier alpha value is -2.63. The number of carbonyl (C=O) groups excluding carboxylic acids is 1. The fourth-order valence-electron chi connectivity index (χ4n) is 3.71. The van der Waals surface area contributed by atoms with Crippen LogP contribution in [-0.2, 0) is 6.54 Å². The molecule has 1 amide bonds. The Labute approximate surface area is 169 Å². The number of nitrogens with zero attached hydrogens (tertiary/aromatic N) is 2. The van der Waals surface area contributed by atoms with Gasteiger partial charge in [-0.15, -0.1) is 0 Å². The number of aromatic nitrogens is 1. The van der Waals surface area contributed by atoms with Crippen molar-refractivity contribution in [1.82, 2.24) is 10.1 Å². The molecule has 1 aromatic heterocycles. The van der Waals surface area contributed by atoms with Crippen LogP contribution in [0.15, 0.2) is 59.1 Å². The summed E-state index contributed by atoms with van der Waals surface area (Å²) < 4.78 is 5.36. The van der Waals surface area contributed by atoms with Crippen LogP contribution in [0.1, 0.15) is 21.7 Å². The minimum Gasteiger partial charge on any atom is -0.360 e. The molecule has 0 spiro atoms. The second kappa shape index (κ2) is 8.17. The number of nitrogens with one attached hydrogen (secondary N) is 1. The van der Waals surface area contributed by atoms with E-state index in [2.05, 4.69) is 29.4 Å². The summed E-state index contributed by atoms with van der Waals surface area (Å²) in [6.45, 7) is 6.04. The van der Waals surface area contributed by atoms with Crippen LogP contribution in [0.4, 0.5) is 0 Å². The van der Waals surface area contributed by atoms with Crippen molar-refractivity contribution in [3.8, 4) is 11.3 Å². The number of piperazine rings is 1. The van der Waals surface area contributed by atoms with Crippen LogP contribution in [0.2, 0.25) is 5.02 Å². The third-order valence-corrected chi connectivity index (χ3v) is 5.59. The molecular weight excluding hydrogens is 374 g/mol. The number of halogens is 1. The van der Waals surface area contributed by atoms with Crippen molar-refractivity contribution in [2.75, 3.05) is 26.2 Å². The highest BCUT2D eigenvalue weighted by molar-refractivity contribution is 6.33. The summed E-state index contributed by atoms with van der Waals surface area (Å²) in [4.78, 5) is 16.6. The molecule has 0 saturated carbocycles. The lowest BCUT2D eigenvalue weighted by Gasteiger charge is -2.32. The average Bonchev–Trinajstić information content (AvgIpc) is 3.10. The smallest absolute Gasteiger partial charge is 0.260 e. The molecule has 3 aromatic rings. The SMILES string of the molecule is Cc1onc(-c2ccccc2Cl)c1C(=O)N1CC[NH+](Cc2ccccc2)CC1. The summed E-state index contributed by atoms with van der Waals surface area (Å²) in [5, 5.41) is 4.68. The molecule has 1 saturated heterocycles. The second-order valence-corrected chi connectivity index (χ2v) is 7.55. The lowest BCUT2D eigenvalue weighted by Crippen LogP contribution is -3.13. The van der Waals surface area contributed by atoms with Gasteiger partial charge in [-0.2, -0.15) is 0 Å². The normalized spacial score (nSPS) is 15.0. The van der Waals surface area contributed by atoms with E-state index in [0.717, 1.165) is 25.2 Å². The number of aryl methyl sites for hydroxylation is 1. The highest BCUT2D eigenvalue weighted by Crippen LogP contribution is 2.31. The molecule has 0 bridgehead atoms. The minimum atomic E-state index is -0.0348. The third kappa shape index (κ3) is 3.81. The molecule has 144 valence electrons. The zero-order chi connectivity index (χ0) is 19.5. The van der Waals surface area contributed by atoms with E-state index < -0.39 is 0 Å². The van der Waals surface area contributed by atoms with Gasteiger partial charge in [0.15, 0.2) is 0 Å². The van der Waals surface area contributed by atoms with Crippen molar-refractivity contribution >= 4 is 17.5 Å². The molecule has 2 heterocycles. The largest absolute Gasteiger partial charge is 0.360 e. The number of hydrogen-bond acceptors (Lipinski definition) is 3. The molecule has 2 aromatic carbocycles. The van der Waals surface area contributed by atoms with Crippen LogP contribution < -0.4 is 4.90 Å². The fraction of sp³-hybridized carbons (Fsp3) is 0.273. The molecule has 1 fully saturated rings. The zero-order valence-electron chi connectivity index (χ0n) is 15.8. The first kappa shape index (κ1) is 18.7. The molecule has 4 rings (SSSR count). The number of quaternary nitrogens is 1. The van der Waals surface area contributed by atoms with Crippen molar-refractivity contribution in [2.24, 2.45) is 0 Å². The van der Waals surface area contributed by atoms with Gasteiger partial charge in [-0.05, 0) is 13.0 Å². The maximum Gasteiger partial charge on any atom is 0.260 e. The summed E-state index contributed by atoms with van der Waals surface area (Å²) in [6, 6.07) is 17.9. The van der Waals surface area contributed by atoms with Crippen LogP contribution in [0.3, 0.4) is 0 Å². The Kier molecular flexibility index (Phi) is 5.46. The van der Waals surface area contributed by atoms with Crippen LogP contribution in [0.25, 0.3) is 11.3 Å². The van der Waals surface area contributed by atoms with E-state index >= 15 is 0 Å². The number of carbonyl (C=O) groups is 1. The Bertz CT molecular complexity index is 963. The Morgan fingerprint density at radius 1 is 1.11 bits per heavy atom. The molecule has 6 heteroatoms. The Morgan fingerprint density at radius 3 is 2.50 bits per heavy atom. The molecule has 0 aliphatic carbocycles. The first-order chi connectivity index (χ1) is 13.6. The van der Waals surface area contributed by atoms with E-state index in [1.165, 1.54) is 10.5 Å². The summed E-state index contributed by atoms with van der Waals surface area (Å²) in [5.74, 6) is 0.492. The van der Waals surface area contributed by atoms with Crippen molar-refractivity contribution in [1.29, 1.82) is 0 Å². The predicted molar refractivity (Wildman–Crippen MR) is 108 cm³/mol. The summed E-state index contributed by atoms with van der Waals surface area (Å²) in [6.07, 6.45) is 0. The highest BCUT2D eigenvalue weighted by atomic mass is 35.5. The van der Waals surface area contributed by atoms with E-state index in [1.807, 2.05) is 29.2 Å². The number of amides is 1. The Balaban J connectivity index is 1.48. The van der Waals surface area contributed by atoms with Crippen molar-refractivity contribution in [3.63, 3.8) is 0 Å². The van der Waals surface area contributed by atoms with Gasteiger partial charge in [0.1, 0.15) is 23.6 Å². The van der Waals surface area contributed by atoms with Crippen LogP contribution in [-0.4, -0.2) is 42.1 Å². The topological polar surface area (TPSA) is 50.8 Å². The van der Waals surface area contributed by atoms with E-state index in [1.54, 1.807) is 13.0 Å². The Morgan fingerprint density at radius 2 is 1.79 bits per heavy atom. The molecule has 1 aliphatic heterocycles. The van der Waals surface area contributed by atoms with Crippen LogP contribution >= 0.6 is 11.6 Å². The molecule has 0 atom stereocenters. The van der Waals surface area contributed by atoms with Gasteiger partial charge < -0.3 is 14.3 Å². The van der Waals surface area contributed by atoms with Gasteiger partial charge in [0, 0.05) is 11.1 Å². The van der Waals surface area contributed by atoms with Gasteiger partial charge in [-0.3, -0.25) is 4.79 Å². The van der Waals surface area contributed by atoms with E-state index in [-0.39, 0.29) is 5.91 Å². The molecule has 28 heavy (non-hydrogen) atoms. The van der Waals surface area contributed by atoms with Crippen molar-refractivity contribution in [3.05, 3.63) is 76.5 Å². The third-order valence-electron chi connectivity index (χ3n) is 5.26. The molecule has 0 unspecified atom stereocenters. The molecule has 5 nitrogen and oxygen atoms in total. The first-order valence-electron chi connectivity index (χ1n) is 9.51. The number of rotatable bonds is 4. The van der Waals surface area contributed by atoms with Gasteiger partial charge in [0.2, 0.25) is 0 Å². The molecule has 1 aliphatic rings. The zero-order valence-corrected chi connectivity index (χ0v) is 16.6. The molecule has 0 radical (unpaired) electrons. The lowest BCUT2D eigenvalue weighted by molar-refractivity contribution is -0.917. The fourth-order valence-corrected chi connectivity index (χ4v) is 3.93. The summed E-state index contributed by atoms with van der Waals surface area (Å²) in [5.41, 5.74) is 3.08. The van der Waals surface area contributed by atoms with Gasteiger partial charge in [-0.25, -0.2) is 0 Å².